The lowest BCUT2D eigenvalue weighted by molar-refractivity contribution is 0.290. The first kappa shape index (κ1) is 16.9. The van der Waals surface area contributed by atoms with Gasteiger partial charge in [0.15, 0.2) is 11.0 Å². The van der Waals surface area contributed by atoms with Crippen molar-refractivity contribution in [3.63, 3.8) is 0 Å². The Morgan fingerprint density at radius 1 is 1.12 bits per heavy atom. The monoisotopic (exact) mass is 385 g/mol. The number of imidazole rings is 1. The third-order valence-electron chi connectivity index (χ3n) is 3.88. The minimum Gasteiger partial charge on any atom is -0.484 e. The van der Waals surface area contributed by atoms with Gasteiger partial charge in [0, 0.05) is 25.2 Å². The van der Waals surface area contributed by atoms with Crippen LogP contribution >= 0.6 is 23.4 Å². The average Bonchev–Trinajstić information content (AvgIpc) is 3.22. The van der Waals surface area contributed by atoms with Gasteiger partial charge in [-0.3, -0.25) is 0 Å². The molecule has 132 valence electrons. The largest absolute Gasteiger partial charge is 0.484 e. The molecule has 4 aromatic rings. The van der Waals surface area contributed by atoms with Crippen LogP contribution in [0.25, 0.3) is 5.65 Å². The van der Waals surface area contributed by atoms with Gasteiger partial charge in [-0.1, -0.05) is 41.6 Å². The molecule has 4 rings (SSSR count). The van der Waals surface area contributed by atoms with Crippen LogP contribution in [0.1, 0.15) is 11.5 Å². The van der Waals surface area contributed by atoms with E-state index in [9.17, 15) is 0 Å². The van der Waals surface area contributed by atoms with Crippen LogP contribution in [-0.2, 0) is 19.4 Å². The van der Waals surface area contributed by atoms with Crippen LogP contribution in [0.2, 0.25) is 5.02 Å². The molecule has 0 atom stereocenters. The molecule has 0 saturated carbocycles. The average molecular weight is 386 g/mol. The number of nitrogens with zero attached hydrogens (tertiary/aromatic N) is 5. The molecule has 0 N–H and O–H groups in total. The van der Waals surface area contributed by atoms with Gasteiger partial charge in [0.05, 0.1) is 10.7 Å². The van der Waals surface area contributed by atoms with Crippen LogP contribution < -0.4 is 4.74 Å². The van der Waals surface area contributed by atoms with Gasteiger partial charge in [0.1, 0.15) is 18.0 Å². The summed E-state index contributed by atoms with van der Waals surface area (Å²) in [6.07, 6.45) is 4.02. The van der Waals surface area contributed by atoms with Crippen LogP contribution in [0.15, 0.2) is 60.0 Å². The van der Waals surface area contributed by atoms with Crippen molar-refractivity contribution >= 4 is 29.0 Å². The smallest absolute Gasteiger partial charge is 0.191 e. The second-order valence-electron chi connectivity index (χ2n) is 5.66. The molecular formula is C18H16ClN5OS. The Morgan fingerprint density at radius 3 is 2.81 bits per heavy atom. The molecule has 0 unspecified atom stereocenters. The number of rotatable bonds is 6. The van der Waals surface area contributed by atoms with E-state index >= 15 is 0 Å². The third kappa shape index (κ3) is 3.54. The SMILES string of the molecule is Cn1c(COc2ccccc2Cl)nnc1SCc1cn2ccccc2n1. The Labute approximate surface area is 159 Å². The minimum absolute atomic E-state index is 0.308. The fourth-order valence-electron chi connectivity index (χ4n) is 2.50. The number of para-hydroxylation sites is 1. The van der Waals surface area contributed by atoms with E-state index in [0.717, 1.165) is 28.1 Å². The van der Waals surface area contributed by atoms with Gasteiger partial charge in [-0.25, -0.2) is 4.98 Å². The molecular weight excluding hydrogens is 370 g/mol. The van der Waals surface area contributed by atoms with E-state index in [1.54, 1.807) is 17.8 Å². The molecule has 6 nitrogen and oxygen atoms in total. The number of halogens is 1. The zero-order valence-corrected chi connectivity index (χ0v) is 15.6. The lowest BCUT2D eigenvalue weighted by Gasteiger charge is -2.07. The van der Waals surface area contributed by atoms with Crippen molar-refractivity contribution in [2.24, 2.45) is 7.05 Å². The van der Waals surface area contributed by atoms with Crippen molar-refractivity contribution in [3.05, 3.63) is 71.4 Å². The van der Waals surface area contributed by atoms with Crippen molar-refractivity contribution in [1.82, 2.24) is 24.1 Å². The van der Waals surface area contributed by atoms with Gasteiger partial charge in [0.2, 0.25) is 0 Å². The van der Waals surface area contributed by atoms with E-state index in [1.165, 1.54) is 0 Å². The maximum Gasteiger partial charge on any atom is 0.191 e. The highest BCUT2D eigenvalue weighted by Gasteiger charge is 2.12. The molecule has 0 aliphatic carbocycles. The summed E-state index contributed by atoms with van der Waals surface area (Å²) in [5.41, 5.74) is 1.94. The number of thioether (sulfide) groups is 1. The molecule has 0 fully saturated rings. The number of fused-ring (bicyclic) bond motifs is 1. The summed E-state index contributed by atoms with van der Waals surface area (Å²) in [6, 6.07) is 13.3. The summed E-state index contributed by atoms with van der Waals surface area (Å²) < 4.78 is 9.68. The summed E-state index contributed by atoms with van der Waals surface area (Å²) in [5.74, 6) is 2.09. The van der Waals surface area contributed by atoms with Crippen LogP contribution in [0.5, 0.6) is 5.75 Å². The molecule has 0 radical (unpaired) electrons. The van der Waals surface area contributed by atoms with Crippen molar-refractivity contribution in [1.29, 1.82) is 0 Å². The third-order valence-corrected chi connectivity index (χ3v) is 5.25. The Bertz CT molecular complexity index is 1010. The fraction of sp³-hybridized carbons (Fsp3) is 0.167. The normalized spacial score (nSPS) is 11.2. The molecule has 0 spiro atoms. The Morgan fingerprint density at radius 2 is 1.96 bits per heavy atom. The van der Waals surface area contributed by atoms with E-state index in [-0.39, 0.29) is 0 Å². The molecule has 26 heavy (non-hydrogen) atoms. The maximum atomic E-state index is 6.11. The number of pyridine rings is 1. The first-order chi connectivity index (χ1) is 12.7. The summed E-state index contributed by atoms with van der Waals surface area (Å²) in [7, 11) is 1.93. The predicted molar refractivity (Wildman–Crippen MR) is 102 cm³/mol. The summed E-state index contributed by atoms with van der Waals surface area (Å²) >= 11 is 7.70. The van der Waals surface area contributed by atoms with Crippen molar-refractivity contribution in [2.75, 3.05) is 0 Å². The van der Waals surface area contributed by atoms with Crippen LogP contribution in [0, 0.1) is 0 Å². The van der Waals surface area contributed by atoms with Gasteiger partial charge in [-0.05, 0) is 24.3 Å². The van der Waals surface area contributed by atoms with E-state index in [2.05, 4.69) is 15.2 Å². The number of aromatic nitrogens is 5. The fourth-order valence-corrected chi connectivity index (χ4v) is 3.50. The topological polar surface area (TPSA) is 57.2 Å². The highest BCUT2D eigenvalue weighted by atomic mass is 35.5. The summed E-state index contributed by atoms with van der Waals surface area (Å²) in [5, 5.41) is 9.86. The van der Waals surface area contributed by atoms with E-state index in [0.29, 0.717) is 17.4 Å². The van der Waals surface area contributed by atoms with E-state index < -0.39 is 0 Å². The second kappa shape index (κ2) is 7.39. The van der Waals surface area contributed by atoms with Gasteiger partial charge < -0.3 is 13.7 Å². The zero-order chi connectivity index (χ0) is 17.9. The standard InChI is InChI=1S/C18H16ClN5OS/c1-23-17(11-25-15-7-3-2-6-14(15)19)21-22-18(23)26-12-13-10-24-9-5-4-8-16(24)20-13/h2-10H,11-12H2,1H3. The molecule has 0 bridgehead atoms. The molecule has 0 aliphatic heterocycles. The van der Waals surface area contributed by atoms with Crippen molar-refractivity contribution in [2.45, 2.75) is 17.5 Å². The van der Waals surface area contributed by atoms with E-state index in [4.69, 9.17) is 16.3 Å². The maximum absolute atomic E-state index is 6.11. The first-order valence-electron chi connectivity index (χ1n) is 8.02. The lowest BCUT2D eigenvalue weighted by atomic mass is 10.3. The number of hydrogen-bond acceptors (Lipinski definition) is 5. The lowest BCUT2D eigenvalue weighted by Crippen LogP contribution is -2.04. The molecule has 0 amide bonds. The van der Waals surface area contributed by atoms with Gasteiger partial charge in [-0.15, -0.1) is 10.2 Å². The number of hydrogen-bond donors (Lipinski definition) is 0. The quantitative estimate of drug-likeness (QED) is 0.470. The highest BCUT2D eigenvalue weighted by molar-refractivity contribution is 7.98. The minimum atomic E-state index is 0.308. The molecule has 8 heteroatoms. The summed E-state index contributed by atoms with van der Waals surface area (Å²) in [4.78, 5) is 4.60. The Balaban J connectivity index is 1.41. The second-order valence-corrected chi connectivity index (χ2v) is 7.01. The van der Waals surface area contributed by atoms with Gasteiger partial charge >= 0.3 is 0 Å². The van der Waals surface area contributed by atoms with Crippen LogP contribution in [0.4, 0.5) is 0 Å². The Hall–Kier alpha value is -2.51. The van der Waals surface area contributed by atoms with Crippen LogP contribution in [0.3, 0.4) is 0 Å². The predicted octanol–water partition coefficient (Wildman–Crippen LogP) is 3.99. The Kier molecular flexibility index (Phi) is 4.81. The number of ether oxygens (including phenoxy) is 1. The molecule has 3 aromatic heterocycles. The van der Waals surface area contributed by atoms with Crippen LogP contribution in [-0.4, -0.2) is 24.1 Å². The highest BCUT2D eigenvalue weighted by Crippen LogP contribution is 2.25. The number of benzene rings is 1. The van der Waals surface area contributed by atoms with Crippen molar-refractivity contribution in [3.8, 4) is 5.75 Å². The molecule has 0 saturated heterocycles. The molecule has 1 aromatic carbocycles. The first-order valence-corrected chi connectivity index (χ1v) is 9.38. The van der Waals surface area contributed by atoms with Crippen molar-refractivity contribution < 1.29 is 4.74 Å². The molecule has 3 heterocycles. The van der Waals surface area contributed by atoms with Gasteiger partial charge in [0.25, 0.3) is 0 Å². The van der Waals surface area contributed by atoms with E-state index in [1.807, 2.05) is 64.8 Å². The summed E-state index contributed by atoms with van der Waals surface area (Å²) in [6.45, 7) is 0.308. The zero-order valence-electron chi connectivity index (χ0n) is 14.0. The van der Waals surface area contributed by atoms with Gasteiger partial charge in [-0.2, -0.15) is 0 Å². The molecule has 0 aliphatic rings.